The summed E-state index contributed by atoms with van der Waals surface area (Å²) < 4.78 is 10.5. The topological polar surface area (TPSA) is 98.5 Å². The molecule has 0 aliphatic carbocycles. The standard InChI is InChI=1S/C18H13ClN2O5/c1-10(17(23)21-12-6-4-8-20-16(12)19)25-18(24)15-9-13(22)11-5-2-3-7-14(11)26-15/h2-10H,1H3,(H,21,23). The van der Waals surface area contributed by atoms with E-state index in [1.165, 1.54) is 13.1 Å². The predicted molar refractivity (Wildman–Crippen MR) is 95.2 cm³/mol. The first-order valence-electron chi connectivity index (χ1n) is 7.61. The first-order valence-corrected chi connectivity index (χ1v) is 7.99. The average molecular weight is 373 g/mol. The van der Waals surface area contributed by atoms with Crippen LogP contribution in [0, 0.1) is 0 Å². The third kappa shape index (κ3) is 3.73. The molecule has 0 saturated carbocycles. The lowest BCUT2D eigenvalue weighted by Crippen LogP contribution is -2.30. The zero-order valence-corrected chi connectivity index (χ0v) is 14.3. The molecule has 0 aliphatic heterocycles. The molecule has 3 aromatic rings. The van der Waals surface area contributed by atoms with Gasteiger partial charge in [0.1, 0.15) is 5.58 Å². The van der Waals surface area contributed by atoms with Crippen molar-refractivity contribution in [2.45, 2.75) is 13.0 Å². The number of pyridine rings is 1. The van der Waals surface area contributed by atoms with Crippen molar-refractivity contribution in [3.63, 3.8) is 0 Å². The average Bonchev–Trinajstić information content (AvgIpc) is 2.63. The van der Waals surface area contributed by atoms with Crippen LogP contribution in [0.15, 0.2) is 57.9 Å². The van der Waals surface area contributed by atoms with Crippen LogP contribution in [0.3, 0.4) is 0 Å². The lowest BCUT2D eigenvalue weighted by molar-refractivity contribution is -0.123. The van der Waals surface area contributed by atoms with Gasteiger partial charge < -0.3 is 14.5 Å². The zero-order chi connectivity index (χ0) is 18.7. The predicted octanol–water partition coefficient (Wildman–Crippen LogP) is 3.03. The minimum Gasteiger partial charge on any atom is -0.449 e. The van der Waals surface area contributed by atoms with Gasteiger partial charge in [-0.05, 0) is 31.2 Å². The zero-order valence-electron chi connectivity index (χ0n) is 13.6. The second kappa shape index (κ2) is 7.37. The Hall–Kier alpha value is -3.19. The number of aromatic nitrogens is 1. The molecule has 8 heteroatoms. The highest BCUT2D eigenvalue weighted by Gasteiger charge is 2.22. The number of nitrogens with zero attached hydrogens (tertiary/aromatic N) is 1. The third-order valence-corrected chi connectivity index (χ3v) is 3.81. The van der Waals surface area contributed by atoms with Crippen LogP contribution in [0.1, 0.15) is 17.5 Å². The number of amides is 1. The number of benzene rings is 1. The van der Waals surface area contributed by atoms with Crippen molar-refractivity contribution in [2.24, 2.45) is 0 Å². The van der Waals surface area contributed by atoms with Crippen LogP contribution in [0.2, 0.25) is 5.15 Å². The fraction of sp³-hybridized carbons (Fsp3) is 0.111. The van der Waals surface area contributed by atoms with Gasteiger partial charge in [-0.2, -0.15) is 0 Å². The molecular formula is C18H13ClN2O5. The number of carbonyl (C=O) groups excluding carboxylic acids is 2. The van der Waals surface area contributed by atoms with E-state index >= 15 is 0 Å². The van der Waals surface area contributed by atoms with Gasteiger partial charge in [0.2, 0.25) is 5.76 Å². The van der Waals surface area contributed by atoms with Gasteiger partial charge in [-0.3, -0.25) is 9.59 Å². The van der Waals surface area contributed by atoms with Crippen LogP contribution >= 0.6 is 11.6 Å². The normalized spacial score (nSPS) is 11.8. The maximum Gasteiger partial charge on any atom is 0.375 e. The van der Waals surface area contributed by atoms with E-state index in [9.17, 15) is 14.4 Å². The molecule has 26 heavy (non-hydrogen) atoms. The van der Waals surface area contributed by atoms with Gasteiger partial charge in [0.15, 0.2) is 16.7 Å². The van der Waals surface area contributed by atoms with E-state index in [1.54, 1.807) is 36.4 Å². The molecule has 0 saturated heterocycles. The number of carbonyl (C=O) groups is 2. The highest BCUT2D eigenvalue weighted by molar-refractivity contribution is 6.32. The molecule has 7 nitrogen and oxygen atoms in total. The van der Waals surface area contributed by atoms with Crippen LogP contribution in [-0.2, 0) is 9.53 Å². The Morgan fingerprint density at radius 3 is 2.77 bits per heavy atom. The lowest BCUT2D eigenvalue weighted by atomic mass is 10.2. The van der Waals surface area contributed by atoms with Crippen molar-refractivity contribution in [3.8, 4) is 0 Å². The molecule has 2 aromatic heterocycles. The Balaban J connectivity index is 1.74. The Morgan fingerprint density at radius 1 is 1.23 bits per heavy atom. The van der Waals surface area contributed by atoms with Gasteiger partial charge in [-0.1, -0.05) is 23.7 Å². The van der Waals surface area contributed by atoms with E-state index in [0.717, 1.165) is 6.07 Å². The van der Waals surface area contributed by atoms with Crippen LogP contribution < -0.4 is 10.7 Å². The number of ether oxygens (including phenoxy) is 1. The summed E-state index contributed by atoms with van der Waals surface area (Å²) in [7, 11) is 0. The molecule has 1 amide bonds. The smallest absolute Gasteiger partial charge is 0.375 e. The summed E-state index contributed by atoms with van der Waals surface area (Å²) in [5.74, 6) is -1.81. The summed E-state index contributed by atoms with van der Waals surface area (Å²) in [5.41, 5.74) is 0.170. The summed E-state index contributed by atoms with van der Waals surface area (Å²) in [5, 5.41) is 2.96. The van der Waals surface area contributed by atoms with Crippen LogP contribution in [-0.4, -0.2) is 23.0 Å². The SMILES string of the molecule is CC(OC(=O)c1cc(=O)c2ccccc2o1)C(=O)Nc1cccnc1Cl. The molecule has 0 spiro atoms. The Morgan fingerprint density at radius 2 is 2.00 bits per heavy atom. The molecule has 0 fully saturated rings. The maximum absolute atomic E-state index is 12.2. The number of hydrogen-bond donors (Lipinski definition) is 1. The number of para-hydroxylation sites is 1. The number of esters is 1. The van der Waals surface area contributed by atoms with Gasteiger partial charge in [0.25, 0.3) is 5.91 Å². The van der Waals surface area contributed by atoms with E-state index in [0.29, 0.717) is 11.1 Å². The van der Waals surface area contributed by atoms with Crippen molar-refractivity contribution in [1.82, 2.24) is 4.98 Å². The molecular weight excluding hydrogens is 360 g/mol. The van der Waals surface area contributed by atoms with Gasteiger partial charge >= 0.3 is 5.97 Å². The minimum absolute atomic E-state index is 0.111. The minimum atomic E-state index is -1.14. The van der Waals surface area contributed by atoms with Crippen molar-refractivity contribution < 1.29 is 18.7 Å². The number of nitrogens with one attached hydrogen (secondary N) is 1. The molecule has 1 atom stereocenters. The first kappa shape index (κ1) is 17.6. The Bertz CT molecular complexity index is 1050. The summed E-state index contributed by atoms with van der Waals surface area (Å²) >= 11 is 5.86. The lowest BCUT2D eigenvalue weighted by Gasteiger charge is -2.13. The Kier molecular flexibility index (Phi) is 4.99. The van der Waals surface area contributed by atoms with Gasteiger partial charge in [0.05, 0.1) is 11.1 Å². The molecule has 3 rings (SSSR count). The van der Waals surface area contributed by atoms with Crippen LogP contribution in [0.25, 0.3) is 11.0 Å². The highest BCUT2D eigenvalue weighted by Crippen LogP contribution is 2.18. The van der Waals surface area contributed by atoms with Gasteiger partial charge in [0, 0.05) is 12.3 Å². The van der Waals surface area contributed by atoms with E-state index < -0.39 is 18.0 Å². The maximum atomic E-state index is 12.2. The van der Waals surface area contributed by atoms with Crippen molar-refractivity contribution >= 4 is 40.1 Å². The third-order valence-electron chi connectivity index (χ3n) is 3.51. The molecule has 2 heterocycles. The number of halogens is 1. The molecule has 1 unspecified atom stereocenters. The molecule has 0 bridgehead atoms. The number of hydrogen-bond acceptors (Lipinski definition) is 6. The molecule has 0 aliphatic rings. The second-order valence-electron chi connectivity index (χ2n) is 5.35. The number of anilines is 1. The first-order chi connectivity index (χ1) is 12.5. The van der Waals surface area contributed by atoms with E-state index in [2.05, 4.69) is 10.3 Å². The summed E-state index contributed by atoms with van der Waals surface area (Å²) in [6.45, 7) is 1.39. The summed E-state index contributed by atoms with van der Waals surface area (Å²) in [6, 6.07) is 10.7. The van der Waals surface area contributed by atoms with Crippen LogP contribution in [0.4, 0.5) is 5.69 Å². The van der Waals surface area contributed by atoms with E-state index in [4.69, 9.17) is 20.8 Å². The van der Waals surface area contributed by atoms with Crippen molar-refractivity contribution in [3.05, 3.63) is 69.8 Å². The highest BCUT2D eigenvalue weighted by atomic mass is 35.5. The fourth-order valence-electron chi connectivity index (χ4n) is 2.19. The van der Waals surface area contributed by atoms with E-state index in [1.807, 2.05) is 0 Å². The van der Waals surface area contributed by atoms with Crippen molar-refractivity contribution in [2.75, 3.05) is 5.32 Å². The van der Waals surface area contributed by atoms with Crippen molar-refractivity contribution in [1.29, 1.82) is 0 Å². The Labute approximate surface area is 152 Å². The monoisotopic (exact) mass is 372 g/mol. The largest absolute Gasteiger partial charge is 0.449 e. The van der Waals surface area contributed by atoms with Crippen LogP contribution in [0.5, 0.6) is 0 Å². The molecule has 0 radical (unpaired) electrons. The summed E-state index contributed by atoms with van der Waals surface area (Å²) in [4.78, 5) is 40.2. The number of rotatable bonds is 4. The fourth-order valence-corrected chi connectivity index (χ4v) is 2.36. The van der Waals surface area contributed by atoms with Gasteiger partial charge in [-0.15, -0.1) is 0 Å². The molecule has 132 valence electrons. The van der Waals surface area contributed by atoms with E-state index in [-0.39, 0.29) is 21.9 Å². The summed E-state index contributed by atoms with van der Waals surface area (Å²) in [6.07, 6.45) is 0.332. The molecule has 1 N–H and O–H groups in total. The quantitative estimate of drug-likeness (QED) is 0.558. The second-order valence-corrected chi connectivity index (χ2v) is 5.71. The molecule has 1 aromatic carbocycles. The number of fused-ring (bicyclic) bond motifs is 1. The van der Waals surface area contributed by atoms with Gasteiger partial charge in [-0.25, -0.2) is 9.78 Å².